The van der Waals surface area contributed by atoms with Gasteiger partial charge >= 0.3 is 0 Å². The number of ether oxygens (including phenoxy) is 1. The van der Waals surface area contributed by atoms with E-state index in [2.05, 4.69) is 38.1 Å². The number of methoxy groups -OCH3 is 1. The zero-order valence-corrected chi connectivity index (χ0v) is 13.7. The number of ketones is 1. The number of rotatable bonds is 1. The molecule has 1 aromatic carbocycles. The molecule has 2 nitrogen and oxygen atoms in total. The standard InChI is InChI=1S/C20H24O2/c1-12-10-17-15(14-5-4-13(22-3)11-16(12)14)8-9-20(2)18(17)6-7-19(20)21/h4-5,10-11,15,17-18H,6-9H2,1-3H3/t15-,17-,18+,20+/m0/s1. The predicted octanol–water partition coefficient (Wildman–Crippen LogP) is 4.59. The summed E-state index contributed by atoms with van der Waals surface area (Å²) in [7, 11) is 1.72. The molecule has 3 aliphatic rings. The molecular weight excluding hydrogens is 272 g/mol. The van der Waals surface area contributed by atoms with E-state index in [1.807, 2.05) is 0 Å². The van der Waals surface area contributed by atoms with Crippen LogP contribution in [0.1, 0.15) is 56.6 Å². The van der Waals surface area contributed by atoms with Crippen molar-refractivity contribution >= 4 is 11.4 Å². The van der Waals surface area contributed by atoms with Gasteiger partial charge in [-0.05, 0) is 72.8 Å². The van der Waals surface area contributed by atoms with E-state index in [-0.39, 0.29) is 5.41 Å². The molecule has 2 fully saturated rings. The average molecular weight is 296 g/mol. The maximum Gasteiger partial charge on any atom is 0.139 e. The topological polar surface area (TPSA) is 26.3 Å². The van der Waals surface area contributed by atoms with E-state index in [0.29, 0.717) is 23.5 Å². The van der Waals surface area contributed by atoms with Crippen molar-refractivity contribution in [1.29, 1.82) is 0 Å². The Labute approximate surface area is 132 Å². The summed E-state index contributed by atoms with van der Waals surface area (Å²) in [5.41, 5.74) is 4.08. The van der Waals surface area contributed by atoms with Crippen LogP contribution >= 0.6 is 0 Å². The first-order valence-electron chi connectivity index (χ1n) is 8.44. The number of carbonyl (C=O) groups is 1. The Hall–Kier alpha value is -1.57. The van der Waals surface area contributed by atoms with E-state index in [1.54, 1.807) is 7.11 Å². The van der Waals surface area contributed by atoms with Gasteiger partial charge in [-0.15, -0.1) is 0 Å². The van der Waals surface area contributed by atoms with Crippen LogP contribution < -0.4 is 4.74 Å². The Morgan fingerprint density at radius 3 is 2.86 bits per heavy atom. The van der Waals surface area contributed by atoms with Crippen LogP contribution in [0, 0.1) is 17.3 Å². The van der Waals surface area contributed by atoms with Gasteiger partial charge in [0.2, 0.25) is 0 Å². The molecule has 22 heavy (non-hydrogen) atoms. The highest BCUT2D eigenvalue weighted by molar-refractivity contribution is 5.87. The predicted molar refractivity (Wildman–Crippen MR) is 87.9 cm³/mol. The quantitative estimate of drug-likeness (QED) is 0.757. The molecule has 0 heterocycles. The lowest BCUT2D eigenvalue weighted by atomic mass is 9.56. The van der Waals surface area contributed by atoms with Gasteiger partial charge in [0, 0.05) is 11.8 Å². The molecular formula is C20H24O2. The summed E-state index contributed by atoms with van der Waals surface area (Å²) in [6, 6.07) is 6.51. The molecule has 0 aliphatic heterocycles. The van der Waals surface area contributed by atoms with Gasteiger partial charge in [0.05, 0.1) is 7.11 Å². The van der Waals surface area contributed by atoms with Gasteiger partial charge in [-0.1, -0.05) is 19.1 Å². The Kier molecular flexibility index (Phi) is 3.01. The van der Waals surface area contributed by atoms with Crippen molar-refractivity contribution in [3.05, 3.63) is 35.4 Å². The molecule has 0 unspecified atom stereocenters. The number of fused-ring (bicyclic) bond motifs is 5. The SMILES string of the molecule is COc1ccc2c(c1)C(C)=C[C@@H]1[C@H]3CCC(=O)[C@]3(C)CC[C@@H]21. The highest BCUT2D eigenvalue weighted by Crippen LogP contribution is 2.59. The van der Waals surface area contributed by atoms with Crippen molar-refractivity contribution in [2.45, 2.75) is 45.4 Å². The third-order valence-corrected chi connectivity index (χ3v) is 6.57. The second-order valence-corrected chi connectivity index (χ2v) is 7.51. The van der Waals surface area contributed by atoms with Crippen molar-refractivity contribution in [2.24, 2.45) is 17.3 Å². The van der Waals surface area contributed by atoms with Crippen LogP contribution in [0.2, 0.25) is 0 Å². The van der Waals surface area contributed by atoms with Crippen molar-refractivity contribution < 1.29 is 9.53 Å². The van der Waals surface area contributed by atoms with Crippen LogP contribution in [0.4, 0.5) is 0 Å². The highest BCUT2D eigenvalue weighted by atomic mass is 16.5. The molecule has 0 spiro atoms. The van der Waals surface area contributed by atoms with Crippen molar-refractivity contribution in [3.8, 4) is 5.75 Å². The number of hydrogen-bond donors (Lipinski definition) is 0. The van der Waals surface area contributed by atoms with Gasteiger partial charge in [0.1, 0.15) is 11.5 Å². The first-order chi connectivity index (χ1) is 10.5. The molecule has 4 atom stereocenters. The minimum Gasteiger partial charge on any atom is -0.497 e. The van der Waals surface area contributed by atoms with Crippen LogP contribution in [0.3, 0.4) is 0 Å². The molecule has 3 aliphatic carbocycles. The van der Waals surface area contributed by atoms with Gasteiger partial charge in [-0.3, -0.25) is 4.79 Å². The minimum atomic E-state index is -0.0675. The molecule has 0 saturated heterocycles. The lowest BCUT2D eigenvalue weighted by molar-refractivity contribution is -0.128. The molecule has 0 bridgehead atoms. The second-order valence-electron chi connectivity index (χ2n) is 7.51. The number of allylic oxidation sites excluding steroid dienone is 2. The van der Waals surface area contributed by atoms with Crippen LogP contribution in [-0.2, 0) is 4.79 Å². The zero-order valence-electron chi connectivity index (χ0n) is 13.7. The molecule has 1 aromatic rings. The fourth-order valence-corrected chi connectivity index (χ4v) is 5.27. The summed E-state index contributed by atoms with van der Waals surface area (Å²) in [4.78, 5) is 12.4. The van der Waals surface area contributed by atoms with E-state index < -0.39 is 0 Å². The Morgan fingerprint density at radius 2 is 2.09 bits per heavy atom. The molecule has 116 valence electrons. The van der Waals surface area contributed by atoms with E-state index in [9.17, 15) is 4.79 Å². The van der Waals surface area contributed by atoms with Gasteiger partial charge in [-0.25, -0.2) is 0 Å². The van der Waals surface area contributed by atoms with Gasteiger partial charge in [0.15, 0.2) is 0 Å². The van der Waals surface area contributed by atoms with Gasteiger partial charge in [-0.2, -0.15) is 0 Å². The van der Waals surface area contributed by atoms with Crippen molar-refractivity contribution in [3.63, 3.8) is 0 Å². The average Bonchev–Trinajstić information content (AvgIpc) is 2.83. The van der Waals surface area contributed by atoms with E-state index in [0.717, 1.165) is 31.4 Å². The first kappa shape index (κ1) is 14.0. The monoisotopic (exact) mass is 296 g/mol. The Bertz CT molecular complexity index is 672. The van der Waals surface area contributed by atoms with Crippen LogP contribution in [-0.4, -0.2) is 12.9 Å². The van der Waals surface area contributed by atoms with Crippen LogP contribution in [0.15, 0.2) is 24.3 Å². The maximum absolute atomic E-state index is 12.4. The number of benzene rings is 1. The number of Topliss-reactive ketones (excluding diaryl/α,β-unsaturated/α-hetero) is 1. The Balaban J connectivity index is 1.79. The maximum atomic E-state index is 12.4. The number of hydrogen-bond acceptors (Lipinski definition) is 2. The van der Waals surface area contributed by atoms with E-state index in [1.165, 1.54) is 16.7 Å². The normalized spacial score (nSPS) is 36.2. The third-order valence-electron chi connectivity index (χ3n) is 6.57. The highest BCUT2D eigenvalue weighted by Gasteiger charge is 2.54. The molecule has 0 aromatic heterocycles. The number of carbonyl (C=O) groups excluding carboxylic acids is 1. The summed E-state index contributed by atoms with van der Waals surface area (Å²) in [5, 5.41) is 0. The molecule has 0 N–H and O–H groups in total. The first-order valence-corrected chi connectivity index (χ1v) is 8.44. The summed E-state index contributed by atoms with van der Waals surface area (Å²) in [5.74, 6) is 3.08. The molecule has 2 saturated carbocycles. The fraction of sp³-hybridized carbons (Fsp3) is 0.550. The Morgan fingerprint density at radius 1 is 1.27 bits per heavy atom. The van der Waals surface area contributed by atoms with E-state index >= 15 is 0 Å². The summed E-state index contributed by atoms with van der Waals surface area (Å²) in [6.07, 6.45) is 6.49. The van der Waals surface area contributed by atoms with Gasteiger partial charge < -0.3 is 4.74 Å². The largest absolute Gasteiger partial charge is 0.497 e. The van der Waals surface area contributed by atoms with Crippen molar-refractivity contribution in [2.75, 3.05) is 7.11 Å². The fourth-order valence-electron chi connectivity index (χ4n) is 5.27. The van der Waals surface area contributed by atoms with Crippen LogP contribution in [0.5, 0.6) is 5.75 Å². The molecule has 0 amide bonds. The lowest BCUT2D eigenvalue weighted by Gasteiger charge is -2.47. The van der Waals surface area contributed by atoms with Crippen molar-refractivity contribution in [1.82, 2.24) is 0 Å². The molecule has 4 rings (SSSR count). The zero-order chi connectivity index (χ0) is 15.5. The second kappa shape index (κ2) is 4.71. The summed E-state index contributed by atoms with van der Waals surface area (Å²) in [6.45, 7) is 4.42. The summed E-state index contributed by atoms with van der Waals surface area (Å²) >= 11 is 0. The third kappa shape index (κ3) is 1.76. The minimum absolute atomic E-state index is 0.0675. The smallest absolute Gasteiger partial charge is 0.139 e. The lowest BCUT2D eigenvalue weighted by Crippen LogP contribution is -2.41. The summed E-state index contributed by atoms with van der Waals surface area (Å²) < 4.78 is 5.39. The molecule has 2 heteroatoms. The van der Waals surface area contributed by atoms with E-state index in [4.69, 9.17) is 4.74 Å². The van der Waals surface area contributed by atoms with Gasteiger partial charge in [0.25, 0.3) is 0 Å². The van der Waals surface area contributed by atoms with Crippen LogP contribution in [0.25, 0.3) is 5.57 Å². The molecule has 0 radical (unpaired) electrons.